The van der Waals surface area contributed by atoms with E-state index in [9.17, 15) is 26.7 Å². The highest BCUT2D eigenvalue weighted by molar-refractivity contribution is 5.65. The predicted octanol–water partition coefficient (Wildman–Crippen LogP) is 3.10. The summed E-state index contributed by atoms with van der Waals surface area (Å²) in [6, 6.07) is 1.03. The van der Waals surface area contributed by atoms with E-state index in [-0.39, 0.29) is 11.8 Å². The molecular formula is C10H8F5NO2. The first-order chi connectivity index (χ1) is 8.20. The Bertz CT molecular complexity index is 444. The number of hydrogen-bond donors (Lipinski definition) is 0. The second kappa shape index (κ2) is 5.28. The van der Waals surface area contributed by atoms with Crippen LogP contribution in [0.2, 0.25) is 0 Å². The van der Waals surface area contributed by atoms with Crippen molar-refractivity contribution in [3.8, 4) is 0 Å². The summed E-state index contributed by atoms with van der Waals surface area (Å²) in [4.78, 5) is 13.6. The van der Waals surface area contributed by atoms with Crippen LogP contribution in [0.3, 0.4) is 0 Å². The monoisotopic (exact) mass is 269 g/mol. The summed E-state index contributed by atoms with van der Waals surface area (Å²) in [6.45, 7) is 0.459. The van der Waals surface area contributed by atoms with Gasteiger partial charge >= 0.3 is 12.1 Å². The van der Waals surface area contributed by atoms with Crippen LogP contribution in [0, 0.1) is 0 Å². The number of ether oxygens (including phenoxy) is 1. The van der Waals surface area contributed by atoms with Crippen LogP contribution in [0.25, 0.3) is 0 Å². The van der Waals surface area contributed by atoms with E-state index in [1.165, 1.54) is 0 Å². The zero-order chi connectivity index (χ0) is 13.9. The average molecular weight is 269 g/mol. The van der Waals surface area contributed by atoms with Gasteiger partial charge in [-0.1, -0.05) is 0 Å². The first kappa shape index (κ1) is 14.3. The lowest BCUT2D eigenvalue weighted by Gasteiger charge is -2.10. The average Bonchev–Trinajstić information content (AvgIpc) is 2.24. The highest BCUT2D eigenvalue weighted by Crippen LogP contribution is 2.31. The minimum absolute atomic E-state index is 0.266. The van der Waals surface area contributed by atoms with Gasteiger partial charge in [0.2, 0.25) is 0 Å². The Morgan fingerprint density at radius 3 is 2.44 bits per heavy atom. The van der Waals surface area contributed by atoms with Crippen molar-refractivity contribution in [1.82, 2.24) is 4.98 Å². The Labute approximate surface area is 98.6 Å². The van der Waals surface area contributed by atoms with Crippen LogP contribution < -0.4 is 0 Å². The molecule has 0 aromatic carbocycles. The third kappa shape index (κ3) is 3.94. The lowest BCUT2D eigenvalue weighted by Crippen LogP contribution is -2.12. The van der Waals surface area contributed by atoms with Gasteiger partial charge in [0.1, 0.15) is 12.3 Å². The standard InChI is InChI=1S/C10H8F5NO2/c1-5(17)18-4-7-2-6(9(11)12)3-8(16-7)10(13,14)15/h2-3,9H,4H2,1H3. The molecule has 0 fully saturated rings. The normalized spacial score (nSPS) is 11.7. The molecule has 0 spiro atoms. The fourth-order valence-corrected chi connectivity index (χ4v) is 1.13. The summed E-state index contributed by atoms with van der Waals surface area (Å²) in [6.07, 6.45) is -7.90. The fraction of sp³-hybridized carbons (Fsp3) is 0.400. The topological polar surface area (TPSA) is 39.2 Å². The molecule has 100 valence electrons. The van der Waals surface area contributed by atoms with Gasteiger partial charge < -0.3 is 4.74 Å². The van der Waals surface area contributed by atoms with Crippen LogP contribution in [0.5, 0.6) is 0 Å². The molecule has 0 saturated carbocycles. The number of carbonyl (C=O) groups excluding carboxylic acids is 1. The number of pyridine rings is 1. The van der Waals surface area contributed by atoms with Crippen molar-refractivity contribution in [2.75, 3.05) is 0 Å². The molecule has 0 atom stereocenters. The number of esters is 1. The van der Waals surface area contributed by atoms with E-state index in [4.69, 9.17) is 0 Å². The van der Waals surface area contributed by atoms with Crippen molar-refractivity contribution in [3.05, 3.63) is 29.1 Å². The molecule has 0 aliphatic heterocycles. The summed E-state index contributed by atoms with van der Waals surface area (Å²) in [7, 11) is 0. The Kier molecular flexibility index (Phi) is 4.20. The third-order valence-electron chi connectivity index (χ3n) is 1.87. The number of carbonyl (C=O) groups is 1. The lowest BCUT2D eigenvalue weighted by molar-refractivity contribution is -0.142. The molecule has 1 heterocycles. The predicted molar refractivity (Wildman–Crippen MR) is 49.7 cm³/mol. The van der Waals surface area contributed by atoms with E-state index >= 15 is 0 Å². The number of halogens is 5. The van der Waals surface area contributed by atoms with Gasteiger partial charge in [0.25, 0.3) is 6.43 Å². The molecule has 3 nitrogen and oxygen atoms in total. The van der Waals surface area contributed by atoms with Crippen molar-refractivity contribution in [2.45, 2.75) is 26.1 Å². The second-order valence-electron chi connectivity index (χ2n) is 3.36. The number of aromatic nitrogens is 1. The molecule has 8 heteroatoms. The van der Waals surface area contributed by atoms with E-state index in [1.807, 2.05) is 0 Å². The minimum Gasteiger partial charge on any atom is -0.459 e. The van der Waals surface area contributed by atoms with Crippen LogP contribution in [-0.4, -0.2) is 11.0 Å². The van der Waals surface area contributed by atoms with Gasteiger partial charge in [-0.05, 0) is 12.1 Å². The Morgan fingerprint density at radius 1 is 1.39 bits per heavy atom. The van der Waals surface area contributed by atoms with Gasteiger partial charge in [-0.2, -0.15) is 13.2 Å². The van der Waals surface area contributed by atoms with Gasteiger partial charge in [-0.3, -0.25) is 4.79 Å². The molecule has 1 rings (SSSR count). The molecule has 0 N–H and O–H groups in total. The largest absolute Gasteiger partial charge is 0.459 e. The fourth-order valence-electron chi connectivity index (χ4n) is 1.13. The van der Waals surface area contributed by atoms with Gasteiger partial charge in [-0.25, -0.2) is 13.8 Å². The molecule has 0 aliphatic carbocycles. The Balaban J connectivity index is 3.10. The summed E-state index contributed by atoms with van der Waals surface area (Å²) < 4.78 is 66.4. The summed E-state index contributed by atoms with van der Waals surface area (Å²) in [5.74, 6) is -0.743. The van der Waals surface area contributed by atoms with Crippen molar-refractivity contribution in [2.24, 2.45) is 0 Å². The van der Waals surface area contributed by atoms with Crippen molar-refractivity contribution in [1.29, 1.82) is 0 Å². The van der Waals surface area contributed by atoms with Crippen LogP contribution in [0.4, 0.5) is 22.0 Å². The molecule has 1 aromatic heterocycles. The van der Waals surface area contributed by atoms with E-state index in [1.54, 1.807) is 0 Å². The second-order valence-corrected chi connectivity index (χ2v) is 3.36. The number of nitrogens with zero attached hydrogens (tertiary/aromatic N) is 1. The summed E-state index contributed by atoms with van der Waals surface area (Å²) in [5.41, 5.74) is -2.64. The van der Waals surface area contributed by atoms with E-state index in [0.29, 0.717) is 0 Å². The first-order valence-electron chi connectivity index (χ1n) is 4.69. The van der Waals surface area contributed by atoms with Gasteiger partial charge in [0.05, 0.1) is 5.69 Å². The van der Waals surface area contributed by atoms with E-state index in [2.05, 4.69) is 9.72 Å². The quantitative estimate of drug-likeness (QED) is 0.625. The zero-order valence-corrected chi connectivity index (χ0v) is 9.09. The van der Waals surface area contributed by atoms with Crippen LogP contribution >= 0.6 is 0 Å². The molecule has 0 saturated heterocycles. The first-order valence-corrected chi connectivity index (χ1v) is 4.69. The van der Waals surface area contributed by atoms with Crippen molar-refractivity contribution >= 4 is 5.97 Å². The van der Waals surface area contributed by atoms with Crippen molar-refractivity contribution in [3.63, 3.8) is 0 Å². The van der Waals surface area contributed by atoms with Gasteiger partial charge in [0.15, 0.2) is 0 Å². The molecule has 0 bridgehead atoms. The summed E-state index contributed by atoms with van der Waals surface area (Å²) in [5, 5.41) is 0. The van der Waals surface area contributed by atoms with Gasteiger partial charge in [0, 0.05) is 12.5 Å². The molecule has 0 amide bonds. The van der Waals surface area contributed by atoms with Crippen LogP contribution in [-0.2, 0) is 22.3 Å². The highest BCUT2D eigenvalue weighted by Gasteiger charge is 2.34. The molecule has 18 heavy (non-hydrogen) atoms. The maximum absolute atomic E-state index is 12.4. The molecule has 0 radical (unpaired) electrons. The maximum atomic E-state index is 12.4. The maximum Gasteiger partial charge on any atom is 0.433 e. The SMILES string of the molecule is CC(=O)OCc1cc(C(F)F)cc(C(F)(F)F)n1. The van der Waals surface area contributed by atoms with Crippen LogP contribution in [0.15, 0.2) is 12.1 Å². The van der Waals surface area contributed by atoms with E-state index in [0.717, 1.165) is 13.0 Å². The zero-order valence-electron chi connectivity index (χ0n) is 9.09. The Hall–Kier alpha value is -1.73. The third-order valence-corrected chi connectivity index (χ3v) is 1.87. The number of hydrogen-bond acceptors (Lipinski definition) is 3. The molecule has 1 aromatic rings. The molecule has 0 unspecified atom stereocenters. The van der Waals surface area contributed by atoms with Crippen molar-refractivity contribution < 1.29 is 31.5 Å². The number of rotatable bonds is 3. The Morgan fingerprint density at radius 2 is 2.00 bits per heavy atom. The van der Waals surface area contributed by atoms with Crippen LogP contribution in [0.1, 0.15) is 30.3 Å². The van der Waals surface area contributed by atoms with Gasteiger partial charge in [-0.15, -0.1) is 0 Å². The molecule has 0 aliphatic rings. The smallest absolute Gasteiger partial charge is 0.433 e. The highest BCUT2D eigenvalue weighted by atomic mass is 19.4. The lowest BCUT2D eigenvalue weighted by atomic mass is 10.2. The minimum atomic E-state index is -4.84. The molecular weight excluding hydrogens is 261 g/mol. The summed E-state index contributed by atoms with van der Waals surface area (Å²) >= 11 is 0. The number of alkyl halides is 5. The van der Waals surface area contributed by atoms with E-state index < -0.39 is 36.4 Å².